The minimum Gasteiger partial charge on any atom is -0.481 e. The fourth-order valence-corrected chi connectivity index (χ4v) is 2.86. The molecule has 21 heavy (non-hydrogen) atoms. The maximum absolute atomic E-state index is 11.5. The Kier molecular flexibility index (Phi) is 4.69. The summed E-state index contributed by atoms with van der Waals surface area (Å²) in [6.45, 7) is 7.84. The zero-order valence-corrected chi connectivity index (χ0v) is 13.4. The van der Waals surface area contributed by atoms with E-state index in [0.717, 1.165) is 24.6 Å². The van der Waals surface area contributed by atoms with Crippen molar-refractivity contribution in [3.05, 3.63) is 11.7 Å². The Bertz CT molecular complexity index is 489. The molecule has 0 bridgehead atoms. The van der Waals surface area contributed by atoms with Crippen molar-refractivity contribution < 1.29 is 14.4 Å². The number of rotatable bonds is 5. The van der Waals surface area contributed by atoms with E-state index in [9.17, 15) is 9.90 Å². The van der Waals surface area contributed by atoms with Gasteiger partial charge in [0.1, 0.15) is 0 Å². The molecule has 0 saturated heterocycles. The molecule has 1 unspecified atom stereocenters. The molecule has 1 atom stereocenters. The summed E-state index contributed by atoms with van der Waals surface area (Å²) in [7, 11) is 0. The second-order valence-corrected chi connectivity index (χ2v) is 7.06. The van der Waals surface area contributed by atoms with Gasteiger partial charge in [-0.1, -0.05) is 38.8 Å². The van der Waals surface area contributed by atoms with Crippen LogP contribution in [0.15, 0.2) is 4.52 Å². The average molecular weight is 294 g/mol. The van der Waals surface area contributed by atoms with Gasteiger partial charge < -0.3 is 9.63 Å². The van der Waals surface area contributed by atoms with E-state index in [1.165, 1.54) is 12.8 Å². The number of hydrogen-bond donors (Lipinski definition) is 1. The number of nitrogens with zero attached hydrogens (tertiary/aromatic N) is 2. The standard InChI is InChI=1S/C16H26N2O3/c1-10(2)16(4,15(19)20)9-13-17-14(18-21-13)12-7-5-11(3)6-8-12/h10-12H,5-9H2,1-4H3,(H,19,20). The molecule has 5 nitrogen and oxygen atoms in total. The Balaban J connectivity index is 2.08. The van der Waals surface area contributed by atoms with Crippen LogP contribution in [0.5, 0.6) is 0 Å². The molecule has 2 rings (SSSR count). The van der Waals surface area contributed by atoms with Crippen LogP contribution < -0.4 is 0 Å². The van der Waals surface area contributed by atoms with Gasteiger partial charge in [0.2, 0.25) is 5.89 Å². The van der Waals surface area contributed by atoms with E-state index in [-0.39, 0.29) is 12.3 Å². The number of aromatic nitrogens is 2. The van der Waals surface area contributed by atoms with E-state index in [4.69, 9.17) is 4.52 Å². The van der Waals surface area contributed by atoms with Crippen molar-refractivity contribution in [2.24, 2.45) is 17.3 Å². The second-order valence-electron chi connectivity index (χ2n) is 7.06. The number of hydrogen-bond acceptors (Lipinski definition) is 4. The Labute approximate surface area is 126 Å². The van der Waals surface area contributed by atoms with Crippen LogP contribution in [-0.4, -0.2) is 21.2 Å². The summed E-state index contributed by atoms with van der Waals surface area (Å²) in [5, 5.41) is 13.5. The number of carboxylic acids is 1. The van der Waals surface area contributed by atoms with Gasteiger partial charge in [0, 0.05) is 12.3 Å². The molecule has 0 amide bonds. The molecule has 0 spiro atoms. The highest BCUT2D eigenvalue weighted by atomic mass is 16.5. The molecule has 118 valence electrons. The fourth-order valence-electron chi connectivity index (χ4n) is 2.86. The van der Waals surface area contributed by atoms with Crippen molar-refractivity contribution in [1.29, 1.82) is 0 Å². The lowest BCUT2D eigenvalue weighted by molar-refractivity contribution is -0.150. The average Bonchev–Trinajstić information content (AvgIpc) is 2.87. The summed E-state index contributed by atoms with van der Waals surface area (Å²) in [6, 6.07) is 0. The summed E-state index contributed by atoms with van der Waals surface area (Å²) >= 11 is 0. The number of aliphatic carboxylic acids is 1. The fraction of sp³-hybridized carbons (Fsp3) is 0.812. The molecule has 0 aromatic carbocycles. The van der Waals surface area contributed by atoms with Crippen molar-refractivity contribution in [2.45, 2.75) is 65.7 Å². The third-order valence-corrected chi connectivity index (χ3v) is 5.15. The summed E-state index contributed by atoms with van der Waals surface area (Å²) in [4.78, 5) is 16.0. The van der Waals surface area contributed by atoms with Crippen LogP contribution in [0, 0.1) is 17.3 Å². The SMILES string of the molecule is CC1CCC(c2noc(CC(C)(C(=O)O)C(C)C)n2)CC1. The van der Waals surface area contributed by atoms with Crippen molar-refractivity contribution in [1.82, 2.24) is 10.1 Å². The maximum atomic E-state index is 11.5. The van der Waals surface area contributed by atoms with Gasteiger partial charge in [-0.2, -0.15) is 4.98 Å². The van der Waals surface area contributed by atoms with Crippen LogP contribution in [0.2, 0.25) is 0 Å². The van der Waals surface area contributed by atoms with Crippen molar-refractivity contribution in [3.63, 3.8) is 0 Å². The Morgan fingerprint density at radius 2 is 2.00 bits per heavy atom. The third-order valence-electron chi connectivity index (χ3n) is 5.15. The molecule has 1 aromatic heterocycles. The van der Waals surface area contributed by atoms with E-state index in [2.05, 4.69) is 17.1 Å². The first-order valence-corrected chi connectivity index (χ1v) is 7.88. The highest BCUT2D eigenvalue weighted by molar-refractivity contribution is 5.74. The zero-order chi connectivity index (χ0) is 15.6. The molecule has 1 aromatic rings. The Morgan fingerprint density at radius 1 is 1.38 bits per heavy atom. The molecule has 1 N–H and O–H groups in total. The predicted molar refractivity (Wildman–Crippen MR) is 79.0 cm³/mol. The van der Waals surface area contributed by atoms with Crippen LogP contribution >= 0.6 is 0 Å². The van der Waals surface area contributed by atoms with Crippen molar-refractivity contribution >= 4 is 5.97 Å². The molecule has 1 fully saturated rings. The van der Waals surface area contributed by atoms with Crippen LogP contribution in [0.25, 0.3) is 0 Å². The van der Waals surface area contributed by atoms with Crippen molar-refractivity contribution in [3.8, 4) is 0 Å². The Hall–Kier alpha value is -1.39. The van der Waals surface area contributed by atoms with E-state index >= 15 is 0 Å². The van der Waals surface area contributed by atoms with Gasteiger partial charge in [-0.3, -0.25) is 4.79 Å². The third kappa shape index (κ3) is 3.44. The van der Waals surface area contributed by atoms with Gasteiger partial charge in [-0.15, -0.1) is 0 Å². The first-order chi connectivity index (χ1) is 9.83. The van der Waals surface area contributed by atoms with Crippen molar-refractivity contribution in [2.75, 3.05) is 0 Å². The lowest BCUT2D eigenvalue weighted by Gasteiger charge is -2.27. The first kappa shape index (κ1) is 16.0. The topological polar surface area (TPSA) is 76.2 Å². The second kappa shape index (κ2) is 6.16. The van der Waals surface area contributed by atoms with Crippen LogP contribution in [0.3, 0.4) is 0 Å². The van der Waals surface area contributed by atoms with Crippen LogP contribution in [-0.2, 0) is 11.2 Å². The van der Waals surface area contributed by atoms with E-state index < -0.39 is 11.4 Å². The smallest absolute Gasteiger partial charge is 0.310 e. The summed E-state index contributed by atoms with van der Waals surface area (Å²) < 4.78 is 5.32. The van der Waals surface area contributed by atoms with Gasteiger partial charge in [0.25, 0.3) is 0 Å². The van der Waals surface area contributed by atoms with E-state index in [1.807, 2.05) is 13.8 Å². The van der Waals surface area contributed by atoms with Crippen LogP contribution in [0.4, 0.5) is 0 Å². The Morgan fingerprint density at radius 3 is 2.52 bits per heavy atom. The van der Waals surface area contributed by atoms with Crippen LogP contribution in [0.1, 0.15) is 71.0 Å². The normalized spacial score (nSPS) is 25.8. The van der Waals surface area contributed by atoms with Gasteiger partial charge in [0.05, 0.1) is 5.41 Å². The molecule has 1 aliphatic rings. The highest BCUT2D eigenvalue weighted by Gasteiger charge is 2.39. The molecule has 5 heteroatoms. The maximum Gasteiger partial charge on any atom is 0.310 e. The number of carboxylic acid groups (broad SMARTS) is 1. The van der Waals surface area contributed by atoms with Gasteiger partial charge >= 0.3 is 5.97 Å². The molecule has 1 heterocycles. The van der Waals surface area contributed by atoms with Gasteiger partial charge in [0.15, 0.2) is 5.82 Å². The molecule has 0 radical (unpaired) electrons. The minimum atomic E-state index is -0.870. The molecular weight excluding hydrogens is 268 g/mol. The highest BCUT2D eigenvalue weighted by Crippen LogP contribution is 2.35. The lowest BCUT2D eigenvalue weighted by Crippen LogP contribution is -2.35. The predicted octanol–water partition coefficient (Wildman–Crippen LogP) is 3.65. The lowest BCUT2D eigenvalue weighted by atomic mass is 9.76. The molecule has 1 saturated carbocycles. The summed E-state index contributed by atoms with van der Waals surface area (Å²) in [6.07, 6.45) is 4.89. The monoisotopic (exact) mass is 294 g/mol. The summed E-state index contributed by atoms with van der Waals surface area (Å²) in [5.41, 5.74) is -0.870. The first-order valence-electron chi connectivity index (χ1n) is 7.88. The van der Waals surface area contributed by atoms with Gasteiger partial charge in [-0.05, 0) is 31.6 Å². The molecule has 0 aliphatic heterocycles. The quantitative estimate of drug-likeness (QED) is 0.897. The number of carbonyl (C=O) groups is 1. The minimum absolute atomic E-state index is 0.000815. The molecule has 1 aliphatic carbocycles. The molecular formula is C16H26N2O3. The van der Waals surface area contributed by atoms with E-state index in [1.54, 1.807) is 6.92 Å². The van der Waals surface area contributed by atoms with Gasteiger partial charge in [-0.25, -0.2) is 0 Å². The summed E-state index contributed by atoms with van der Waals surface area (Å²) in [5.74, 6) is 1.54. The zero-order valence-electron chi connectivity index (χ0n) is 13.4. The van der Waals surface area contributed by atoms with E-state index in [0.29, 0.717) is 11.8 Å². The largest absolute Gasteiger partial charge is 0.481 e.